The van der Waals surface area contributed by atoms with E-state index in [0.717, 1.165) is 48.6 Å². The molecule has 29 heavy (non-hydrogen) atoms. The van der Waals surface area contributed by atoms with E-state index in [1.165, 1.54) is 11.1 Å². The molecule has 6 heteroatoms. The van der Waals surface area contributed by atoms with Gasteiger partial charge in [-0.1, -0.05) is 12.1 Å². The van der Waals surface area contributed by atoms with Crippen molar-refractivity contribution in [2.45, 2.75) is 49.3 Å². The third-order valence-electron chi connectivity index (χ3n) is 8.70. The fraction of sp³-hybridized carbons (Fsp3) is 0.565. The maximum atomic E-state index is 9.78. The highest BCUT2D eigenvalue weighted by Crippen LogP contribution is 2.74. The average molecular weight is 396 g/mol. The molecule has 2 heterocycles. The van der Waals surface area contributed by atoms with Gasteiger partial charge in [-0.05, 0) is 63.1 Å². The van der Waals surface area contributed by atoms with Gasteiger partial charge in [0.15, 0.2) is 11.5 Å². The van der Waals surface area contributed by atoms with E-state index in [9.17, 15) is 5.21 Å². The molecule has 0 unspecified atom stereocenters. The van der Waals surface area contributed by atoms with Gasteiger partial charge in [0.25, 0.3) is 0 Å². The summed E-state index contributed by atoms with van der Waals surface area (Å²) in [5.41, 5.74) is 6.01. The second kappa shape index (κ2) is 5.36. The van der Waals surface area contributed by atoms with Gasteiger partial charge < -0.3 is 19.1 Å². The first-order valence-corrected chi connectivity index (χ1v) is 10.4. The second-order valence-electron chi connectivity index (χ2n) is 9.31. The summed E-state index contributed by atoms with van der Waals surface area (Å²) >= 11 is 0. The van der Waals surface area contributed by atoms with E-state index in [4.69, 9.17) is 14.2 Å². The molecule has 6 aliphatic rings. The predicted molar refractivity (Wildman–Crippen MR) is 107 cm³/mol. The Balaban J connectivity index is 1.73. The molecule has 1 saturated heterocycles. The van der Waals surface area contributed by atoms with E-state index in [-0.39, 0.29) is 16.9 Å². The number of hydrogen-bond acceptors (Lipinski definition) is 6. The lowest BCUT2D eigenvalue weighted by molar-refractivity contribution is -0.160. The van der Waals surface area contributed by atoms with Gasteiger partial charge in [-0.15, -0.1) is 0 Å². The molecule has 1 aromatic carbocycles. The van der Waals surface area contributed by atoms with Crippen LogP contribution in [0, 0.1) is 5.41 Å². The zero-order valence-corrected chi connectivity index (χ0v) is 17.4. The Morgan fingerprint density at radius 2 is 2.14 bits per heavy atom. The maximum absolute atomic E-state index is 9.78. The molecule has 2 aliphatic heterocycles. The Morgan fingerprint density at radius 3 is 2.86 bits per heavy atom. The normalized spacial score (nSPS) is 42.4. The minimum Gasteiger partial charge on any atom is -0.493 e. The molecule has 4 aliphatic carbocycles. The van der Waals surface area contributed by atoms with E-state index in [1.54, 1.807) is 14.2 Å². The number of nitrogens with zero attached hydrogens (tertiary/aromatic N) is 1. The lowest BCUT2D eigenvalue weighted by Crippen LogP contribution is -2.77. The van der Waals surface area contributed by atoms with Gasteiger partial charge in [-0.25, -0.2) is 0 Å². The Hall–Kier alpha value is -2.02. The molecule has 0 radical (unpaired) electrons. The van der Waals surface area contributed by atoms with Gasteiger partial charge in [0.05, 0.1) is 12.5 Å². The van der Waals surface area contributed by atoms with Crippen molar-refractivity contribution < 1.29 is 19.4 Å². The monoisotopic (exact) mass is 396 g/mol. The minimum absolute atomic E-state index is 0.0942. The van der Waals surface area contributed by atoms with E-state index < -0.39 is 5.60 Å². The molecule has 6 nitrogen and oxygen atoms in total. The molecular weight excluding hydrogens is 368 g/mol. The summed E-state index contributed by atoms with van der Waals surface area (Å²) in [4.78, 5) is 2.52. The molecule has 7 rings (SSSR count). The van der Waals surface area contributed by atoms with Gasteiger partial charge in [0.1, 0.15) is 11.7 Å². The van der Waals surface area contributed by atoms with Gasteiger partial charge in [-0.3, -0.25) is 10.7 Å². The zero-order valence-electron chi connectivity index (χ0n) is 17.4. The Morgan fingerprint density at radius 1 is 1.31 bits per heavy atom. The van der Waals surface area contributed by atoms with E-state index in [0.29, 0.717) is 6.04 Å². The summed E-state index contributed by atoms with van der Waals surface area (Å²) in [6, 6.07) is 4.65. The molecule has 2 N–H and O–H groups in total. The van der Waals surface area contributed by atoms with Crippen molar-refractivity contribution in [3.05, 3.63) is 46.7 Å². The highest BCUT2D eigenvalue weighted by Gasteiger charge is 2.78. The summed E-state index contributed by atoms with van der Waals surface area (Å²) in [5.74, 6) is 1.69. The van der Waals surface area contributed by atoms with Crippen molar-refractivity contribution in [3.8, 4) is 11.5 Å². The third kappa shape index (κ3) is 1.66. The van der Waals surface area contributed by atoms with Gasteiger partial charge in [0.2, 0.25) is 0 Å². The van der Waals surface area contributed by atoms with Crippen molar-refractivity contribution in [2.24, 2.45) is 5.41 Å². The van der Waals surface area contributed by atoms with Crippen molar-refractivity contribution in [2.75, 3.05) is 27.8 Å². The van der Waals surface area contributed by atoms with Crippen molar-refractivity contribution >= 4 is 0 Å². The summed E-state index contributed by atoms with van der Waals surface area (Å²) in [6.45, 7) is 2.96. The predicted octanol–water partition coefficient (Wildman–Crippen LogP) is 2.55. The number of piperidine rings is 1. The van der Waals surface area contributed by atoms with Gasteiger partial charge in [-0.2, -0.15) is 0 Å². The van der Waals surface area contributed by atoms with Crippen LogP contribution in [0.15, 0.2) is 35.6 Å². The van der Waals surface area contributed by atoms with Gasteiger partial charge in [0, 0.05) is 29.8 Å². The quantitative estimate of drug-likeness (QED) is 0.605. The fourth-order valence-corrected chi connectivity index (χ4v) is 7.49. The molecule has 154 valence electrons. The summed E-state index contributed by atoms with van der Waals surface area (Å²) in [6.07, 6.45) is 7.30. The average Bonchev–Trinajstić information content (AvgIpc) is 3.12. The number of likely N-dealkylation sites (N-methyl/N-ethyl adjacent to an activating group) is 1. The van der Waals surface area contributed by atoms with Crippen LogP contribution in [0.5, 0.6) is 11.5 Å². The number of rotatable bonds is 3. The largest absolute Gasteiger partial charge is 0.493 e. The second-order valence-corrected chi connectivity index (χ2v) is 9.31. The fourth-order valence-electron chi connectivity index (χ4n) is 7.49. The highest BCUT2D eigenvalue weighted by molar-refractivity contribution is 5.67. The molecule has 1 aromatic rings. The lowest BCUT2D eigenvalue weighted by Gasteiger charge is -2.70. The first-order valence-electron chi connectivity index (χ1n) is 10.4. The van der Waals surface area contributed by atoms with Crippen molar-refractivity contribution in [1.82, 2.24) is 10.4 Å². The van der Waals surface area contributed by atoms with Crippen LogP contribution in [-0.2, 0) is 16.6 Å². The number of nitrogens with one attached hydrogen (secondary N) is 1. The summed E-state index contributed by atoms with van der Waals surface area (Å²) in [7, 11) is 5.71. The molecule has 1 saturated carbocycles. The van der Waals surface area contributed by atoms with Crippen LogP contribution in [0.1, 0.15) is 30.9 Å². The number of likely N-dealkylation sites (tertiary alicyclic amines) is 1. The Labute approximate surface area is 171 Å². The third-order valence-corrected chi connectivity index (χ3v) is 8.70. The number of ether oxygens (including phenoxy) is 3. The molecule has 2 spiro atoms. The van der Waals surface area contributed by atoms with Crippen LogP contribution >= 0.6 is 0 Å². The van der Waals surface area contributed by atoms with Crippen molar-refractivity contribution in [3.63, 3.8) is 0 Å². The van der Waals surface area contributed by atoms with Crippen LogP contribution in [0.3, 0.4) is 0 Å². The number of hydrogen-bond donors (Lipinski definition) is 2. The van der Waals surface area contributed by atoms with E-state index in [1.807, 2.05) is 13.0 Å². The number of benzene rings is 1. The first kappa shape index (κ1) is 17.8. The maximum Gasteiger partial charge on any atom is 0.166 e. The lowest BCUT2D eigenvalue weighted by atomic mass is 9.38. The number of allylic oxidation sites excluding steroid dienone is 1. The number of methoxy groups -OCH3 is 2. The zero-order chi connectivity index (χ0) is 20.2. The van der Waals surface area contributed by atoms with Gasteiger partial charge >= 0.3 is 0 Å². The Bertz CT molecular complexity index is 987. The van der Waals surface area contributed by atoms with Crippen LogP contribution in [0.25, 0.3) is 0 Å². The SMILES string of the molecule is COc1ccc2c3c1O[C@@H]1[C@]34CCN(C)[C@H](C2)[C@]42C=C[C@@]1(OC)/C(=C(\C)NO)C2. The molecule has 0 amide bonds. The van der Waals surface area contributed by atoms with Crippen LogP contribution in [-0.4, -0.2) is 55.7 Å². The standard InChI is InChI=1S/C23H28N2O4/c1-13(24-26)15-12-21-7-8-23(15,28-4)20-22(21)9-10-25(2)17(21)11-14-5-6-16(27-3)19(29-20)18(14)22/h5-8,17,20,24,26H,9-12H2,1-4H3/b15-13+/t17-,20-,21-,22+,23-/m1/s1. The summed E-state index contributed by atoms with van der Waals surface area (Å²) < 4.78 is 18.8. The van der Waals surface area contributed by atoms with E-state index in [2.05, 4.69) is 35.6 Å². The minimum atomic E-state index is -0.708. The van der Waals surface area contributed by atoms with Crippen LogP contribution in [0.4, 0.5) is 0 Å². The van der Waals surface area contributed by atoms with Crippen LogP contribution in [0.2, 0.25) is 0 Å². The van der Waals surface area contributed by atoms with Crippen molar-refractivity contribution in [1.29, 1.82) is 0 Å². The Kier molecular flexibility index (Phi) is 3.29. The molecule has 2 fully saturated rings. The molecule has 0 aromatic heterocycles. The van der Waals surface area contributed by atoms with Crippen LogP contribution < -0.4 is 15.0 Å². The molecular formula is C23H28N2O4. The number of hydroxylamine groups is 1. The smallest absolute Gasteiger partial charge is 0.166 e. The first-order chi connectivity index (χ1) is 14.0. The molecule has 5 atom stereocenters. The van der Waals surface area contributed by atoms with E-state index >= 15 is 0 Å². The number of fused-ring (bicyclic) bond motifs is 1. The summed E-state index contributed by atoms with van der Waals surface area (Å²) in [5, 5.41) is 9.78. The topological polar surface area (TPSA) is 63.2 Å². The molecule has 4 bridgehead atoms. The highest BCUT2D eigenvalue weighted by atomic mass is 16.6.